The minimum Gasteiger partial charge on any atom is -0.351 e. The number of rotatable bonds is 4. The molecule has 4 nitrogen and oxygen atoms in total. The molecule has 16 heavy (non-hydrogen) atoms. The van der Waals surface area contributed by atoms with E-state index in [-0.39, 0.29) is 11.8 Å². The first-order chi connectivity index (χ1) is 7.77. The average Bonchev–Trinajstić information content (AvgIpc) is 2.67. The lowest BCUT2D eigenvalue weighted by Gasteiger charge is -2.30. The fourth-order valence-electron chi connectivity index (χ4n) is 1.50. The van der Waals surface area contributed by atoms with Gasteiger partial charge in [-0.3, -0.25) is 9.59 Å². The van der Waals surface area contributed by atoms with Crippen LogP contribution < -0.4 is 5.32 Å². The van der Waals surface area contributed by atoms with Crippen LogP contribution in [0.2, 0.25) is 0 Å². The first kappa shape index (κ1) is 11.1. The molecule has 2 rings (SSSR count). The number of thiophene rings is 1. The molecule has 0 bridgehead atoms. The monoisotopic (exact) mass is 238 g/mol. The first-order valence-electron chi connectivity index (χ1n) is 5.35. The summed E-state index contributed by atoms with van der Waals surface area (Å²) in [6, 6.07) is 1.78. The average molecular weight is 238 g/mol. The zero-order chi connectivity index (χ0) is 11.4. The molecule has 0 aromatic carbocycles. The molecule has 0 saturated carbocycles. The molecule has 0 aliphatic carbocycles. The summed E-state index contributed by atoms with van der Waals surface area (Å²) in [5.41, 5.74) is 0.668. The third kappa shape index (κ3) is 2.61. The van der Waals surface area contributed by atoms with Gasteiger partial charge >= 0.3 is 0 Å². The minimum atomic E-state index is -0.0994. The Bertz CT molecular complexity index is 371. The van der Waals surface area contributed by atoms with Gasteiger partial charge in [0.15, 0.2) is 0 Å². The lowest BCUT2D eigenvalue weighted by Crippen LogP contribution is -2.43. The molecular weight excluding hydrogens is 224 g/mol. The van der Waals surface area contributed by atoms with Gasteiger partial charge in [0.1, 0.15) is 0 Å². The van der Waals surface area contributed by atoms with E-state index in [1.807, 2.05) is 10.3 Å². The molecule has 2 heterocycles. The second-order valence-corrected chi connectivity index (χ2v) is 4.53. The fourth-order valence-corrected chi connectivity index (χ4v) is 2.14. The largest absolute Gasteiger partial charge is 0.351 e. The second kappa shape index (κ2) is 5.12. The van der Waals surface area contributed by atoms with Crippen LogP contribution in [0.5, 0.6) is 0 Å². The van der Waals surface area contributed by atoms with Crippen LogP contribution >= 0.6 is 11.3 Å². The van der Waals surface area contributed by atoms with E-state index in [2.05, 4.69) is 5.32 Å². The van der Waals surface area contributed by atoms with E-state index in [9.17, 15) is 9.59 Å². The van der Waals surface area contributed by atoms with Gasteiger partial charge in [-0.2, -0.15) is 11.3 Å². The van der Waals surface area contributed by atoms with E-state index in [1.165, 1.54) is 11.3 Å². The highest BCUT2D eigenvalue weighted by Crippen LogP contribution is 2.08. The number of likely N-dealkylation sites (tertiary alicyclic amines) is 1. The van der Waals surface area contributed by atoms with Crippen molar-refractivity contribution in [2.45, 2.75) is 12.8 Å². The predicted molar refractivity (Wildman–Crippen MR) is 62.5 cm³/mol. The Balaban J connectivity index is 1.68. The van der Waals surface area contributed by atoms with Gasteiger partial charge in [-0.15, -0.1) is 0 Å². The quantitative estimate of drug-likeness (QED) is 0.854. The summed E-state index contributed by atoms with van der Waals surface area (Å²) >= 11 is 1.49. The van der Waals surface area contributed by atoms with Gasteiger partial charge in [-0.05, 0) is 17.9 Å². The zero-order valence-electron chi connectivity index (χ0n) is 8.94. The summed E-state index contributed by atoms with van der Waals surface area (Å²) < 4.78 is 0. The van der Waals surface area contributed by atoms with E-state index in [1.54, 1.807) is 11.4 Å². The summed E-state index contributed by atoms with van der Waals surface area (Å²) in [5.74, 6) is 0.0366. The normalized spacial score (nSPS) is 14.4. The summed E-state index contributed by atoms with van der Waals surface area (Å²) in [5, 5.41) is 6.40. The Morgan fingerprint density at radius 1 is 1.44 bits per heavy atom. The van der Waals surface area contributed by atoms with Gasteiger partial charge in [0.05, 0.1) is 0 Å². The highest BCUT2D eigenvalue weighted by atomic mass is 32.1. The van der Waals surface area contributed by atoms with Gasteiger partial charge in [0.25, 0.3) is 5.91 Å². The molecule has 86 valence electrons. The number of hydrogen-bond acceptors (Lipinski definition) is 3. The predicted octanol–water partition coefficient (Wildman–Crippen LogP) is 1.10. The van der Waals surface area contributed by atoms with Gasteiger partial charge in [-0.25, -0.2) is 0 Å². The van der Waals surface area contributed by atoms with Crippen molar-refractivity contribution in [3.8, 4) is 0 Å². The number of amides is 2. The molecule has 0 spiro atoms. The van der Waals surface area contributed by atoms with Crippen LogP contribution in [-0.2, 0) is 4.79 Å². The second-order valence-electron chi connectivity index (χ2n) is 3.75. The maximum atomic E-state index is 11.5. The van der Waals surface area contributed by atoms with Crippen LogP contribution in [0.25, 0.3) is 0 Å². The standard InChI is InChI=1S/C11H14N2O2S/c14-10(13-5-1-6-13)2-4-12-11(15)9-3-7-16-8-9/h3,7-8H,1-2,4-6H2,(H,12,15). The van der Waals surface area contributed by atoms with E-state index in [0.29, 0.717) is 18.5 Å². The number of hydrogen-bond donors (Lipinski definition) is 1. The number of carbonyl (C=O) groups is 2. The lowest BCUT2D eigenvalue weighted by molar-refractivity contribution is -0.134. The highest BCUT2D eigenvalue weighted by molar-refractivity contribution is 7.08. The Kier molecular flexibility index (Phi) is 3.56. The molecule has 0 atom stereocenters. The molecule has 1 N–H and O–H groups in total. The number of carbonyl (C=O) groups excluding carboxylic acids is 2. The minimum absolute atomic E-state index is 0.0994. The van der Waals surface area contributed by atoms with Gasteiger partial charge < -0.3 is 10.2 Å². The molecule has 2 amide bonds. The van der Waals surface area contributed by atoms with Crippen molar-refractivity contribution in [3.05, 3.63) is 22.4 Å². The summed E-state index contributed by atoms with van der Waals surface area (Å²) in [6.07, 6.45) is 1.50. The van der Waals surface area contributed by atoms with Crippen LogP contribution in [0.3, 0.4) is 0 Å². The van der Waals surface area contributed by atoms with Crippen LogP contribution in [0.1, 0.15) is 23.2 Å². The molecular formula is C11H14N2O2S. The van der Waals surface area contributed by atoms with Crippen LogP contribution in [-0.4, -0.2) is 36.3 Å². The van der Waals surface area contributed by atoms with Crippen molar-refractivity contribution in [2.24, 2.45) is 0 Å². The van der Waals surface area contributed by atoms with E-state index < -0.39 is 0 Å². The molecule has 0 radical (unpaired) electrons. The van der Waals surface area contributed by atoms with Crippen molar-refractivity contribution >= 4 is 23.2 Å². The molecule has 5 heteroatoms. The Morgan fingerprint density at radius 3 is 2.81 bits per heavy atom. The molecule has 1 saturated heterocycles. The SMILES string of the molecule is O=C(NCCC(=O)N1CCC1)c1ccsc1. The van der Waals surface area contributed by atoms with Crippen molar-refractivity contribution in [1.82, 2.24) is 10.2 Å². The lowest BCUT2D eigenvalue weighted by atomic mass is 10.2. The summed E-state index contributed by atoms with van der Waals surface area (Å²) in [6.45, 7) is 2.17. The fraction of sp³-hybridized carbons (Fsp3) is 0.455. The Morgan fingerprint density at radius 2 is 2.25 bits per heavy atom. The maximum absolute atomic E-state index is 11.5. The molecule has 1 aliphatic heterocycles. The molecule has 1 aliphatic rings. The molecule has 0 unspecified atom stereocenters. The van der Waals surface area contributed by atoms with Gasteiger partial charge in [0.2, 0.25) is 5.91 Å². The zero-order valence-corrected chi connectivity index (χ0v) is 9.76. The van der Waals surface area contributed by atoms with E-state index in [0.717, 1.165) is 19.5 Å². The third-order valence-electron chi connectivity index (χ3n) is 2.62. The van der Waals surface area contributed by atoms with Crippen LogP contribution in [0.15, 0.2) is 16.8 Å². The maximum Gasteiger partial charge on any atom is 0.252 e. The topological polar surface area (TPSA) is 49.4 Å². The Labute approximate surface area is 98.3 Å². The van der Waals surface area contributed by atoms with E-state index >= 15 is 0 Å². The first-order valence-corrected chi connectivity index (χ1v) is 6.30. The van der Waals surface area contributed by atoms with Crippen molar-refractivity contribution in [3.63, 3.8) is 0 Å². The number of nitrogens with one attached hydrogen (secondary N) is 1. The molecule has 1 fully saturated rings. The van der Waals surface area contributed by atoms with Gasteiger partial charge in [0, 0.05) is 37.0 Å². The number of nitrogens with zero attached hydrogens (tertiary/aromatic N) is 1. The van der Waals surface area contributed by atoms with Crippen molar-refractivity contribution < 1.29 is 9.59 Å². The van der Waals surface area contributed by atoms with Gasteiger partial charge in [-0.1, -0.05) is 0 Å². The van der Waals surface area contributed by atoms with Crippen LogP contribution in [0.4, 0.5) is 0 Å². The molecule has 1 aromatic heterocycles. The summed E-state index contributed by atoms with van der Waals surface area (Å²) in [7, 11) is 0. The smallest absolute Gasteiger partial charge is 0.252 e. The highest BCUT2D eigenvalue weighted by Gasteiger charge is 2.19. The van der Waals surface area contributed by atoms with E-state index in [4.69, 9.17) is 0 Å². The molecule has 1 aromatic rings. The van der Waals surface area contributed by atoms with Crippen molar-refractivity contribution in [1.29, 1.82) is 0 Å². The summed E-state index contributed by atoms with van der Waals surface area (Å²) in [4.78, 5) is 24.8. The Hall–Kier alpha value is -1.36. The van der Waals surface area contributed by atoms with Crippen LogP contribution in [0, 0.1) is 0 Å². The van der Waals surface area contributed by atoms with Crippen molar-refractivity contribution in [2.75, 3.05) is 19.6 Å². The third-order valence-corrected chi connectivity index (χ3v) is 3.30.